The number of unbranched alkanes of at least 4 members (excludes halogenated alkanes) is 11. The van der Waals surface area contributed by atoms with Crippen LogP contribution in [0.15, 0.2) is 48.8 Å². The van der Waals surface area contributed by atoms with Crippen molar-refractivity contribution in [3.63, 3.8) is 0 Å². The minimum Gasteiger partial charge on any atom is -0.494 e. The van der Waals surface area contributed by atoms with Gasteiger partial charge in [-0.15, -0.1) is 0 Å². The van der Waals surface area contributed by atoms with Crippen LogP contribution < -0.4 is 9.47 Å². The first-order valence-corrected chi connectivity index (χ1v) is 14.7. The monoisotopic (exact) mass is 510 g/mol. The minimum atomic E-state index is 0.552. The summed E-state index contributed by atoms with van der Waals surface area (Å²) in [4.78, 5) is 8.92. The lowest BCUT2D eigenvalue weighted by Gasteiger charge is -2.08. The maximum atomic E-state index is 5.86. The first-order chi connectivity index (χ1) is 18.3. The molecule has 0 bridgehead atoms. The van der Waals surface area contributed by atoms with Crippen LogP contribution in [0.5, 0.6) is 11.5 Å². The standard InChI is InChI=1S/C32H50N2O3/c1-3-5-7-9-10-11-12-13-14-16-25-37-31-27-33-32(34-28-31)29-19-21-30(22-20-29)36-26-18-17-24-35-23-15-8-6-4-2/h14,16,19-22,27-28H,3-13,15,17-18,23-26H2,1-2H3. The van der Waals surface area contributed by atoms with Gasteiger partial charge in [-0.25, -0.2) is 9.97 Å². The van der Waals surface area contributed by atoms with E-state index in [0.717, 1.165) is 43.8 Å². The van der Waals surface area contributed by atoms with E-state index >= 15 is 0 Å². The van der Waals surface area contributed by atoms with E-state index in [1.54, 1.807) is 12.4 Å². The number of benzene rings is 1. The molecule has 0 fully saturated rings. The molecule has 2 rings (SSSR count). The Kier molecular flexibility index (Phi) is 18.0. The van der Waals surface area contributed by atoms with Gasteiger partial charge < -0.3 is 14.2 Å². The van der Waals surface area contributed by atoms with Crippen LogP contribution >= 0.6 is 0 Å². The number of rotatable bonds is 23. The van der Waals surface area contributed by atoms with Crippen LogP contribution in [0, 0.1) is 0 Å². The lowest BCUT2D eigenvalue weighted by molar-refractivity contribution is 0.122. The summed E-state index contributed by atoms with van der Waals surface area (Å²) in [7, 11) is 0. The van der Waals surface area contributed by atoms with Crippen LogP contribution in [-0.2, 0) is 4.74 Å². The zero-order valence-corrected chi connectivity index (χ0v) is 23.5. The topological polar surface area (TPSA) is 53.5 Å². The van der Waals surface area contributed by atoms with Crippen molar-refractivity contribution in [3.05, 3.63) is 48.8 Å². The molecule has 5 heteroatoms. The van der Waals surface area contributed by atoms with Crippen LogP contribution in [0.4, 0.5) is 0 Å². The number of nitrogens with zero attached hydrogens (tertiary/aromatic N) is 2. The first-order valence-electron chi connectivity index (χ1n) is 14.7. The van der Waals surface area contributed by atoms with E-state index in [-0.39, 0.29) is 0 Å². The number of hydrogen-bond donors (Lipinski definition) is 0. The Balaban J connectivity index is 1.55. The summed E-state index contributed by atoms with van der Waals surface area (Å²) >= 11 is 0. The van der Waals surface area contributed by atoms with Crippen LogP contribution in [0.25, 0.3) is 11.4 Å². The van der Waals surface area contributed by atoms with E-state index in [4.69, 9.17) is 14.2 Å². The summed E-state index contributed by atoms with van der Waals surface area (Å²) in [6.07, 6.45) is 25.4. The molecule has 206 valence electrons. The molecule has 0 unspecified atom stereocenters. The van der Waals surface area contributed by atoms with Gasteiger partial charge in [0.15, 0.2) is 11.6 Å². The summed E-state index contributed by atoms with van der Waals surface area (Å²) in [6, 6.07) is 7.95. The molecule has 1 heterocycles. The normalized spacial score (nSPS) is 11.3. The average molecular weight is 511 g/mol. The molecular formula is C32H50N2O3. The largest absolute Gasteiger partial charge is 0.494 e. The summed E-state index contributed by atoms with van der Waals surface area (Å²) in [5.41, 5.74) is 0.963. The zero-order valence-electron chi connectivity index (χ0n) is 23.5. The minimum absolute atomic E-state index is 0.552. The molecule has 5 nitrogen and oxygen atoms in total. The molecule has 0 spiro atoms. The highest BCUT2D eigenvalue weighted by Crippen LogP contribution is 2.20. The summed E-state index contributed by atoms with van der Waals surface area (Å²) in [6.45, 7) is 7.45. The van der Waals surface area contributed by atoms with Gasteiger partial charge >= 0.3 is 0 Å². The molecule has 0 aliphatic rings. The van der Waals surface area contributed by atoms with Crippen molar-refractivity contribution in [3.8, 4) is 22.9 Å². The van der Waals surface area contributed by atoms with Gasteiger partial charge in [0.2, 0.25) is 0 Å². The molecule has 0 aliphatic carbocycles. The number of ether oxygens (including phenoxy) is 3. The van der Waals surface area contributed by atoms with Gasteiger partial charge in [0, 0.05) is 18.8 Å². The third kappa shape index (κ3) is 15.5. The van der Waals surface area contributed by atoms with Crippen molar-refractivity contribution in [2.75, 3.05) is 26.4 Å². The second-order valence-electron chi connectivity index (χ2n) is 9.69. The number of hydrogen-bond acceptors (Lipinski definition) is 5. The van der Waals surface area contributed by atoms with Gasteiger partial charge in [-0.2, -0.15) is 0 Å². The molecular weight excluding hydrogens is 460 g/mol. The first kappa shape index (κ1) is 30.8. The van der Waals surface area contributed by atoms with Gasteiger partial charge in [-0.05, 0) is 56.4 Å². The molecule has 1 aromatic carbocycles. The van der Waals surface area contributed by atoms with E-state index in [2.05, 4.69) is 36.0 Å². The summed E-state index contributed by atoms with van der Waals surface area (Å²) < 4.78 is 17.3. The smallest absolute Gasteiger partial charge is 0.159 e. The van der Waals surface area contributed by atoms with Crippen LogP contribution in [0.2, 0.25) is 0 Å². The molecule has 37 heavy (non-hydrogen) atoms. The third-order valence-corrected chi connectivity index (χ3v) is 6.32. The molecule has 0 saturated heterocycles. The number of allylic oxidation sites excluding steroid dienone is 1. The molecule has 0 saturated carbocycles. The van der Waals surface area contributed by atoms with E-state index in [0.29, 0.717) is 24.8 Å². The highest BCUT2D eigenvalue weighted by molar-refractivity contribution is 5.56. The quantitative estimate of drug-likeness (QED) is 0.110. The third-order valence-electron chi connectivity index (χ3n) is 6.32. The lowest BCUT2D eigenvalue weighted by atomic mass is 10.1. The van der Waals surface area contributed by atoms with E-state index in [9.17, 15) is 0 Å². The van der Waals surface area contributed by atoms with Crippen molar-refractivity contribution in [1.82, 2.24) is 9.97 Å². The Bertz CT molecular complexity index is 806. The van der Waals surface area contributed by atoms with Crippen LogP contribution in [-0.4, -0.2) is 36.4 Å². The van der Waals surface area contributed by atoms with Gasteiger partial charge in [0.1, 0.15) is 12.4 Å². The Labute approximate surface area is 226 Å². The van der Waals surface area contributed by atoms with Crippen molar-refractivity contribution in [2.24, 2.45) is 0 Å². The Morgan fingerprint density at radius 1 is 0.595 bits per heavy atom. The van der Waals surface area contributed by atoms with E-state index < -0.39 is 0 Å². The molecule has 1 aromatic heterocycles. The molecule has 0 amide bonds. The maximum absolute atomic E-state index is 5.86. The fourth-order valence-corrected chi connectivity index (χ4v) is 4.02. The summed E-state index contributed by atoms with van der Waals surface area (Å²) in [5, 5.41) is 0. The second kappa shape index (κ2) is 21.7. The molecule has 2 aromatic rings. The van der Waals surface area contributed by atoms with Crippen molar-refractivity contribution in [1.29, 1.82) is 0 Å². The predicted molar refractivity (Wildman–Crippen MR) is 154 cm³/mol. The van der Waals surface area contributed by atoms with E-state index in [1.807, 2.05) is 24.3 Å². The Morgan fingerprint density at radius 3 is 1.89 bits per heavy atom. The van der Waals surface area contributed by atoms with E-state index in [1.165, 1.54) is 70.6 Å². The Morgan fingerprint density at radius 2 is 1.19 bits per heavy atom. The van der Waals surface area contributed by atoms with Crippen LogP contribution in [0.3, 0.4) is 0 Å². The highest BCUT2D eigenvalue weighted by Gasteiger charge is 2.03. The van der Waals surface area contributed by atoms with Crippen molar-refractivity contribution < 1.29 is 14.2 Å². The molecule has 0 aliphatic heterocycles. The van der Waals surface area contributed by atoms with Gasteiger partial charge in [0.05, 0.1) is 19.0 Å². The van der Waals surface area contributed by atoms with Crippen LogP contribution in [0.1, 0.15) is 104 Å². The van der Waals surface area contributed by atoms with Crippen molar-refractivity contribution >= 4 is 0 Å². The fourth-order valence-electron chi connectivity index (χ4n) is 4.02. The van der Waals surface area contributed by atoms with Gasteiger partial charge in [-0.3, -0.25) is 0 Å². The average Bonchev–Trinajstić information content (AvgIpc) is 2.93. The fraction of sp³-hybridized carbons (Fsp3) is 0.625. The molecule has 0 N–H and O–H groups in total. The number of aromatic nitrogens is 2. The highest BCUT2D eigenvalue weighted by atomic mass is 16.5. The van der Waals surface area contributed by atoms with Gasteiger partial charge in [-0.1, -0.05) is 83.8 Å². The van der Waals surface area contributed by atoms with Crippen molar-refractivity contribution in [2.45, 2.75) is 104 Å². The second-order valence-corrected chi connectivity index (χ2v) is 9.69. The lowest BCUT2D eigenvalue weighted by Crippen LogP contribution is -2.02. The Hall–Kier alpha value is -2.40. The zero-order chi connectivity index (χ0) is 26.2. The maximum Gasteiger partial charge on any atom is 0.159 e. The SMILES string of the molecule is CCCCCCCCCC=CCOc1cnc(-c2ccc(OCCCCOCCCCCC)cc2)nc1. The molecule has 0 atom stereocenters. The predicted octanol–water partition coefficient (Wildman–Crippen LogP) is 8.98. The summed E-state index contributed by atoms with van der Waals surface area (Å²) in [5.74, 6) is 2.24. The van der Waals surface area contributed by atoms with Gasteiger partial charge in [0.25, 0.3) is 0 Å². The molecule has 0 radical (unpaired) electrons.